The molecule has 0 radical (unpaired) electrons. The number of amides is 1. The van der Waals surface area contributed by atoms with Crippen LogP contribution in [0.1, 0.15) is 31.2 Å². The fourth-order valence-electron chi connectivity index (χ4n) is 4.01. The van der Waals surface area contributed by atoms with Crippen LogP contribution in [0, 0.1) is 6.92 Å². The van der Waals surface area contributed by atoms with Gasteiger partial charge in [0, 0.05) is 29.2 Å². The zero-order chi connectivity index (χ0) is 24.9. The Morgan fingerprint density at radius 2 is 1.86 bits per heavy atom. The largest absolute Gasteiger partial charge is 0.385 e. The number of benzene rings is 2. The maximum absolute atomic E-state index is 12.9. The molecule has 0 fully saturated rings. The number of aryl methyl sites for hydroxylation is 1. The van der Waals surface area contributed by atoms with Gasteiger partial charge in [0.05, 0.1) is 33.5 Å². The zero-order valence-electron chi connectivity index (χ0n) is 20.4. The number of carbonyl (C=O) groups is 1. The van der Waals surface area contributed by atoms with E-state index >= 15 is 0 Å². The van der Waals surface area contributed by atoms with E-state index in [4.69, 9.17) is 5.10 Å². The van der Waals surface area contributed by atoms with Crippen molar-refractivity contribution in [2.75, 3.05) is 17.2 Å². The van der Waals surface area contributed by atoms with Crippen LogP contribution in [-0.2, 0) is 11.2 Å². The van der Waals surface area contributed by atoms with E-state index in [1.54, 1.807) is 11.3 Å². The molecule has 1 amide bonds. The predicted molar refractivity (Wildman–Crippen MR) is 147 cm³/mol. The van der Waals surface area contributed by atoms with Gasteiger partial charge in [0.15, 0.2) is 5.82 Å². The summed E-state index contributed by atoms with van der Waals surface area (Å²) in [6, 6.07) is 21.7. The highest BCUT2D eigenvalue weighted by atomic mass is 32.1. The van der Waals surface area contributed by atoms with Gasteiger partial charge in [-0.05, 0) is 67.9 Å². The number of hydrogen-bond acceptors (Lipinski definition) is 6. The van der Waals surface area contributed by atoms with E-state index < -0.39 is 0 Å². The van der Waals surface area contributed by atoms with Crippen molar-refractivity contribution in [3.05, 3.63) is 83.6 Å². The fraction of sp³-hybridized carbons (Fsp3) is 0.214. The number of carbonyl (C=O) groups excluding carboxylic acids is 1. The molecule has 36 heavy (non-hydrogen) atoms. The second-order valence-electron chi connectivity index (χ2n) is 8.69. The number of thiazole rings is 1. The number of hydrogen-bond donors (Lipinski definition) is 2. The molecule has 0 aliphatic carbocycles. The SMILES string of the molecule is CCCCNc1ccc(NC(=O)Cc2cc(-c3ccc4ncsc4c3)n(-c3cccc(C)n3)n2)cc1. The molecule has 0 saturated heterocycles. The number of aromatic nitrogens is 4. The van der Waals surface area contributed by atoms with Crippen LogP contribution in [-0.4, -0.2) is 32.2 Å². The molecule has 0 bridgehead atoms. The van der Waals surface area contributed by atoms with Crippen molar-refractivity contribution < 1.29 is 4.79 Å². The summed E-state index contributed by atoms with van der Waals surface area (Å²) in [5, 5.41) is 11.1. The van der Waals surface area contributed by atoms with Gasteiger partial charge >= 0.3 is 0 Å². The Morgan fingerprint density at radius 3 is 2.67 bits per heavy atom. The molecule has 8 heteroatoms. The van der Waals surface area contributed by atoms with Gasteiger partial charge in [0.1, 0.15) is 0 Å². The zero-order valence-corrected chi connectivity index (χ0v) is 21.2. The van der Waals surface area contributed by atoms with E-state index in [9.17, 15) is 4.79 Å². The Bertz CT molecular complexity index is 1490. The van der Waals surface area contributed by atoms with E-state index in [0.717, 1.165) is 57.9 Å². The van der Waals surface area contributed by atoms with Crippen molar-refractivity contribution in [1.29, 1.82) is 0 Å². The normalized spacial score (nSPS) is 11.1. The lowest BCUT2D eigenvalue weighted by Gasteiger charge is -2.08. The highest BCUT2D eigenvalue weighted by Gasteiger charge is 2.16. The molecule has 0 spiro atoms. The van der Waals surface area contributed by atoms with Crippen LogP contribution in [0.25, 0.3) is 27.3 Å². The minimum atomic E-state index is -0.118. The summed E-state index contributed by atoms with van der Waals surface area (Å²) in [5.41, 5.74) is 8.08. The number of nitrogens with zero attached hydrogens (tertiary/aromatic N) is 4. The molecule has 0 saturated carbocycles. The highest BCUT2D eigenvalue weighted by Crippen LogP contribution is 2.28. The first-order valence-electron chi connectivity index (χ1n) is 12.1. The van der Waals surface area contributed by atoms with Gasteiger partial charge in [-0.2, -0.15) is 5.10 Å². The van der Waals surface area contributed by atoms with Crippen molar-refractivity contribution in [3.63, 3.8) is 0 Å². The molecular weight excluding hydrogens is 468 g/mol. The van der Waals surface area contributed by atoms with Gasteiger partial charge in [-0.25, -0.2) is 14.6 Å². The van der Waals surface area contributed by atoms with Crippen molar-refractivity contribution in [3.8, 4) is 17.1 Å². The molecule has 5 rings (SSSR count). The second kappa shape index (κ2) is 10.7. The maximum Gasteiger partial charge on any atom is 0.230 e. The molecule has 5 aromatic rings. The van der Waals surface area contributed by atoms with Crippen molar-refractivity contribution in [2.24, 2.45) is 0 Å². The van der Waals surface area contributed by atoms with Gasteiger partial charge in [-0.15, -0.1) is 11.3 Å². The average molecular weight is 497 g/mol. The minimum Gasteiger partial charge on any atom is -0.385 e. The lowest BCUT2D eigenvalue weighted by molar-refractivity contribution is -0.115. The standard InChI is InChI=1S/C28H28N6OS/c1-3-4-14-29-21-9-11-22(12-10-21)32-28(35)17-23-16-25(20-8-13-24-26(15-20)36-18-30-24)34(33-23)27-7-5-6-19(2)31-27/h5-13,15-16,18,29H,3-4,14,17H2,1-2H3,(H,32,35). The molecule has 3 heterocycles. The topological polar surface area (TPSA) is 84.7 Å². The molecule has 2 aromatic carbocycles. The highest BCUT2D eigenvalue weighted by molar-refractivity contribution is 7.16. The third kappa shape index (κ3) is 5.44. The van der Waals surface area contributed by atoms with Crippen molar-refractivity contribution in [1.82, 2.24) is 19.7 Å². The van der Waals surface area contributed by atoms with Crippen LogP contribution < -0.4 is 10.6 Å². The monoisotopic (exact) mass is 496 g/mol. The van der Waals surface area contributed by atoms with E-state index in [0.29, 0.717) is 11.5 Å². The number of nitrogens with one attached hydrogen (secondary N) is 2. The number of anilines is 2. The number of rotatable bonds is 9. The fourth-order valence-corrected chi connectivity index (χ4v) is 4.72. The molecule has 2 N–H and O–H groups in total. The first-order valence-corrected chi connectivity index (χ1v) is 13.0. The van der Waals surface area contributed by atoms with Crippen LogP contribution in [0.3, 0.4) is 0 Å². The first kappa shape index (κ1) is 23.7. The molecule has 0 unspecified atom stereocenters. The summed E-state index contributed by atoms with van der Waals surface area (Å²) >= 11 is 1.60. The lowest BCUT2D eigenvalue weighted by atomic mass is 10.1. The molecule has 7 nitrogen and oxygen atoms in total. The molecular formula is C28H28N6OS. The Hall–Kier alpha value is -4.04. The minimum absolute atomic E-state index is 0.118. The summed E-state index contributed by atoms with van der Waals surface area (Å²) in [6.45, 7) is 5.07. The van der Waals surface area contributed by atoms with Crippen molar-refractivity contribution in [2.45, 2.75) is 33.1 Å². The number of pyridine rings is 1. The van der Waals surface area contributed by atoms with Gasteiger partial charge in [0.2, 0.25) is 5.91 Å². The summed E-state index contributed by atoms with van der Waals surface area (Å²) in [6.07, 6.45) is 2.44. The number of unbranched alkanes of at least 4 members (excludes halogenated alkanes) is 1. The maximum atomic E-state index is 12.9. The van der Waals surface area contributed by atoms with E-state index in [1.807, 2.05) is 77.8 Å². The third-order valence-electron chi connectivity index (χ3n) is 5.85. The van der Waals surface area contributed by atoms with Gasteiger partial charge in [-0.3, -0.25) is 4.79 Å². The summed E-state index contributed by atoms with van der Waals surface area (Å²) in [5.74, 6) is 0.597. The van der Waals surface area contributed by atoms with E-state index in [-0.39, 0.29) is 12.3 Å². The van der Waals surface area contributed by atoms with Crippen LogP contribution in [0.4, 0.5) is 11.4 Å². The second-order valence-corrected chi connectivity index (χ2v) is 9.57. The Labute approximate surface area is 214 Å². The van der Waals surface area contributed by atoms with Gasteiger partial charge in [0.25, 0.3) is 0 Å². The van der Waals surface area contributed by atoms with Crippen LogP contribution in [0.5, 0.6) is 0 Å². The molecule has 182 valence electrons. The van der Waals surface area contributed by atoms with E-state index in [1.165, 1.54) is 0 Å². The van der Waals surface area contributed by atoms with Crippen LogP contribution in [0.2, 0.25) is 0 Å². The van der Waals surface area contributed by atoms with Crippen molar-refractivity contribution >= 4 is 38.8 Å². The molecule has 0 aliphatic rings. The number of fused-ring (bicyclic) bond motifs is 1. The quantitative estimate of drug-likeness (QED) is 0.236. The summed E-state index contributed by atoms with van der Waals surface area (Å²) in [7, 11) is 0. The summed E-state index contributed by atoms with van der Waals surface area (Å²) in [4.78, 5) is 21.9. The Morgan fingerprint density at radius 1 is 1.03 bits per heavy atom. The van der Waals surface area contributed by atoms with Crippen LogP contribution in [0.15, 0.2) is 72.2 Å². The summed E-state index contributed by atoms with van der Waals surface area (Å²) < 4.78 is 2.92. The Kier molecular flexibility index (Phi) is 7.04. The third-order valence-corrected chi connectivity index (χ3v) is 6.64. The van der Waals surface area contributed by atoms with Gasteiger partial charge in [-0.1, -0.05) is 25.5 Å². The van der Waals surface area contributed by atoms with E-state index in [2.05, 4.69) is 33.6 Å². The smallest absolute Gasteiger partial charge is 0.230 e. The molecule has 3 aromatic heterocycles. The Balaban J connectivity index is 1.37. The molecule has 0 atom stereocenters. The predicted octanol–water partition coefficient (Wildman–Crippen LogP) is 6.25. The first-order chi connectivity index (χ1) is 17.6. The van der Waals surface area contributed by atoms with Crippen LogP contribution >= 0.6 is 11.3 Å². The van der Waals surface area contributed by atoms with Gasteiger partial charge < -0.3 is 10.6 Å². The molecule has 0 aliphatic heterocycles. The lowest BCUT2D eigenvalue weighted by Crippen LogP contribution is -2.15. The average Bonchev–Trinajstić information content (AvgIpc) is 3.52.